The summed E-state index contributed by atoms with van der Waals surface area (Å²) in [6.45, 7) is 1.72. The molecule has 1 N–H and O–H groups in total. The number of aromatic nitrogens is 1. The maximum Gasteiger partial charge on any atom is 0.340 e. The third-order valence-electron chi connectivity index (χ3n) is 5.09. The highest BCUT2D eigenvalue weighted by molar-refractivity contribution is 6.02. The fraction of sp³-hybridized carbons (Fsp3) is 0.350. The first-order valence-electron chi connectivity index (χ1n) is 8.73. The van der Waals surface area contributed by atoms with Gasteiger partial charge in [-0.2, -0.15) is 0 Å². The molecule has 2 aliphatic heterocycles. The van der Waals surface area contributed by atoms with Crippen LogP contribution >= 0.6 is 12.4 Å². The number of nitrogens with zero attached hydrogens (tertiary/aromatic N) is 1. The summed E-state index contributed by atoms with van der Waals surface area (Å²) in [6.07, 6.45) is 3.65. The van der Waals surface area contributed by atoms with Gasteiger partial charge in [-0.1, -0.05) is 0 Å². The van der Waals surface area contributed by atoms with Crippen molar-refractivity contribution in [2.24, 2.45) is 0 Å². The number of fused-ring (bicyclic) bond motifs is 1. The topological polar surface area (TPSA) is 77.5 Å². The average molecular weight is 389 g/mol. The third-order valence-corrected chi connectivity index (χ3v) is 5.09. The molecule has 0 unspecified atom stereocenters. The predicted molar refractivity (Wildman–Crippen MR) is 103 cm³/mol. The molecule has 4 rings (SSSR count). The van der Waals surface area contributed by atoms with Gasteiger partial charge in [-0.15, -0.1) is 12.4 Å². The van der Waals surface area contributed by atoms with Gasteiger partial charge in [0.2, 0.25) is 0 Å². The lowest BCUT2D eigenvalue weighted by Crippen LogP contribution is -2.49. The van der Waals surface area contributed by atoms with Crippen molar-refractivity contribution in [1.29, 1.82) is 0 Å². The lowest BCUT2D eigenvalue weighted by Gasteiger charge is -2.41. The van der Waals surface area contributed by atoms with Crippen LogP contribution in [0.15, 0.2) is 36.5 Å². The number of piperidine rings is 1. The fourth-order valence-corrected chi connectivity index (χ4v) is 3.71. The minimum absolute atomic E-state index is 0. The van der Waals surface area contributed by atoms with Crippen molar-refractivity contribution < 1.29 is 19.1 Å². The number of carbonyl (C=O) groups is 2. The number of benzene rings is 1. The summed E-state index contributed by atoms with van der Waals surface area (Å²) >= 11 is 0. The molecule has 1 aromatic heterocycles. The van der Waals surface area contributed by atoms with Gasteiger partial charge in [0, 0.05) is 24.6 Å². The Kier molecular flexibility index (Phi) is 5.48. The Morgan fingerprint density at radius 2 is 2.04 bits per heavy atom. The minimum atomic E-state index is -0.456. The molecule has 7 heteroatoms. The Balaban J connectivity index is 0.00000210. The number of hydrogen-bond donors (Lipinski definition) is 1. The van der Waals surface area contributed by atoms with E-state index >= 15 is 0 Å². The van der Waals surface area contributed by atoms with Crippen LogP contribution in [-0.4, -0.2) is 42.5 Å². The van der Waals surface area contributed by atoms with E-state index in [-0.39, 0.29) is 23.8 Å². The number of nitrogens with one attached hydrogen (secondary N) is 1. The lowest BCUT2D eigenvalue weighted by molar-refractivity contribution is 0.0187. The van der Waals surface area contributed by atoms with Crippen LogP contribution in [-0.2, 0) is 4.74 Å². The molecule has 142 valence electrons. The van der Waals surface area contributed by atoms with Crippen LogP contribution in [0.25, 0.3) is 11.3 Å². The van der Waals surface area contributed by atoms with Crippen molar-refractivity contribution in [1.82, 2.24) is 10.3 Å². The van der Waals surface area contributed by atoms with Crippen molar-refractivity contribution in [3.05, 3.63) is 47.7 Å². The second-order valence-electron chi connectivity index (χ2n) is 6.74. The molecule has 2 aliphatic rings. The van der Waals surface area contributed by atoms with Gasteiger partial charge in [0.05, 0.1) is 30.4 Å². The Morgan fingerprint density at radius 3 is 2.78 bits per heavy atom. The zero-order valence-electron chi connectivity index (χ0n) is 15.0. The normalized spacial score (nSPS) is 17.4. The molecule has 0 saturated carbocycles. The Labute approximate surface area is 163 Å². The van der Waals surface area contributed by atoms with Crippen LogP contribution < -0.4 is 10.1 Å². The maximum atomic E-state index is 12.8. The summed E-state index contributed by atoms with van der Waals surface area (Å²) in [7, 11) is 1.34. The SMILES string of the molecule is COC(=O)c1cccnc1-c1ccc2c(c1)C(=O)CC1(CCNCC1)O2.Cl. The number of carbonyl (C=O) groups excluding carboxylic acids is 2. The predicted octanol–water partition coefficient (Wildman–Crippen LogP) is 3.04. The average Bonchev–Trinajstić information content (AvgIpc) is 2.68. The van der Waals surface area contributed by atoms with Gasteiger partial charge in [-0.05, 0) is 43.4 Å². The van der Waals surface area contributed by atoms with E-state index in [0.29, 0.717) is 34.6 Å². The molecule has 2 aromatic rings. The van der Waals surface area contributed by atoms with Gasteiger partial charge in [-0.3, -0.25) is 9.78 Å². The van der Waals surface area contributed by atoms with E-state index in [1.807, 2.05) is 6.07 Å². The summed E-state index contributed by atoms with van der Waals surface area (Å²) in [6, 6.07) is 8.75. The van der Waals surface area contributed by atoms with Crippen molar-refractivity contribution in [2.45, 2.75) is 24.9 Å². The van der Waals surface area contributed by atoms with Crippen molar-refractivity contribution in [3.8, 4) is 17.0 Å². The van der Waals surface area contributed by atoms with Crippen molar-refractivity contribution >= 4 is 24.2 Å². The number of halogens is 1. The minimum Gasteiger partial charge on any atom is -0.486 e. The van der Waals surface area contributed by atoms with Gasteiger partial charge in [0.15, 0.2) is 5.78 Å². The summed E-state index contributed by atoms with van der Waals surface area (Å²) in [4.78, 5) is 29.1. The van der Waals surface area contributed by atoms with E-state index < -0.39 is 5.97 Å². The molecule has 1 spiro atoms. The standard InChI is InChI=1S/C20H20N2O4.ClH/c1-25-19(24)14-3-2-8-22-18(14)13-4-5-17-15(11-13)16(23)12-20(26-17)6-9-21-10-7-20;/h2-5,8,11,21H,6-7,9-10,12H2,1H3;1H. The Bertz CT molecular complexity index is 878. The van der Waals surface area contributed by atoms with E-state index in [0.717, 1.165) is 25.9 Å². The monoisotopic (exact) mass is 388 g/mol. The number of hydrogen-bond acceptors (Lipinski definition) is 6. The van der Waals surface area contributed by atoms with Gasteiger partial charge < -0.3 is 14.8 Å². The number of ketones is 1. The van der Waals surface area contributed by atoms with Gasteiger partial charge >= 0.3 is 5.97 Å². The lowest BCUT2D eigenvalue weighted by atomic mass is 9.82. The van der Waals surface area contributed by atoms with Crippen LogP contribution in [0.1, 0.15) is 40.0 Å². The fourth-order valence-electron chi connectivity index (χ4n) is 3.71. The third kappa shape index (κ3) is 3.55. The molecule has 1 saturated heterocycles. The van der Waals surface area contributed by atoms with Crippen LogP contribution in [0.2, 0.25) is 0 Å². The molecule has 0 atom stereocenters. The highest BCUT2D eigenvalue weighted by Crippen LogP contribution is 2.39. The molecule has 1 aromatic carbocycles. The second-order valence-corrected chi connectivity index (χ2v) is 6.74. The van der Waals surface area contributed by atoms with Crippen LogP contribution in [0.3, 0.4) is 0 Å². The van der Waals surface area contributed by atoms with Crippen molar-refractivity contribution in [3.63, 3.8) is 0 Å². The van der Waals surface area contributed by atoms with Crippen LogP contribution in [0.5, 0.6) is 5.75 Å². The largest absolute Gasteiger partial charge is 0.486 e. The molecule has 0 radical (unpaired) electrons. The summed E-state index contributed by atoms with van der Waals surface area (Å²) in [5.41, 5.74) is 1.72. The molecular formula is C20H21ClN2O4. The number of esters is 1. The van der Waals surface area contributed by atoms with E-state index in [1.54, 1.807) is 30.5 Å². The van der Waals surface area contributed by atoms with Crippen molar-refractivity contribution in [2.75, 3.05) is 20.2 Å². The second kappa shape index (κ2) is 7.66. The van der Waals surface area contributed by atoms with E-state index in [9.17, 15) is 9.59 Å². The van der Waals surface area contributed by atoms with E-state index in [2.05, 4.69) is 10.3 Å². The highest BCUT2D eigenvalue weighted by Gasteiger charge is 2.41. The first-order valence-corrected chi connectivity index (χ1v) is 8.73. The molecule has 1 fully saturated rings. The molecule has 27 heavy (non-hydrogen) atoms. The van der Waals surface area contributed by atoms with Crippen LogP contribution in [0, 0.1) is 0 Å². The number of methoxy groups -OCH3 is 1. The zero-order valence-corrected chi connectivity index (χ0v) is 15.8. The number of Topliss-reactive ketones (excluding diaryl/α,β-unsaturated/α-hetero) is 1. The van der Waals surface area contributed by atoms with E-state index in [4.69, 9.17) is 9.47 Å². The first kappa shape index (κ1) is 19.3. The maximum absolute atomic E-state index is 12.8. The molecular weight excluding hydrogens is 368 g/mol. The first-order chi connectivity index (χ1) is 12.6. The molecule has 0 amide bonds. The molecule has 6 nitrogen and oxygen atoms in total. The smallest absolute Gasteiger partial charge is 0.340 e. The van der Waals surface area contributed by atoms with Gasteiger partial charge in [-0.25, -0.2) is 4.79 Å². The number of rotatable bonds is 2. The Hall–Kier alpha value is -2.44. The molecule has 3 heterocycles. The summed E-state index contributed by atoms with van der Waals surface area (Å²) < 4.78 is 11.1. The quantitative estimate of drug-likeness (QED) is 0.797. The zero-order chi connectivity index (χ0) is 18.1. The number of pyridine rings is 1. The summed E-state index contributed by atoms with van der Waals surface area (Å²) in [5.74, 6) is 0.232. The van der Waals surface area contributed by atoms with Gasteiger partial charge in [0.1, 0.15) is 11.4 Å². The Morgan fingerprint density at radius 1 is 1.26 bits per heavy atom. The van der Waals surface area contributed by atoms with Crippen LogP contribution in [0.4, 0.5) is 0 Å². The highest BCUT2D eigenvalue weighted by atomic mass is 35.5. The van der Waals surface area contributed by atoms with Gasteiger partial charge in [0.25, 0.3) is 0 Å². The summed E-state index contributed by atoms with van der Waals surface area (Å²) in [5, 5.41) is 3.30. The molecule has 0 aliphatic carbocycles. The van der Waals surface area contributed by atoms with E-state index in [1.165, 1.54) is 7.11 Å². The molecule has 0 bridgehead atoms. The number of ether oxygens (including phenoxy) is 2.